The summed E-state index contributed by atoms with van der Waals surface area (Å²) in [5.74, 6) is -0.537. The average Bonchev–Trinajstić information content (AvgIpc) is 2.93. The first-order valence-corrected chi connectivity index (χ1v) is 7.15. The van der Waals surface area contributed by atoms with Gasteiger partial charge in [-0.05, 0) is 32.2 Å². The number of nitrogens with zero attached hydrogens (tertiary/aromatic N) is 1. The Balaban J connectivity index is 2.52. The molecule has 0 aromatic carbocycles. The van der Waals surface area contributed by atoms with Crippen LogP contribution < -0.4 is 11.5 Å². The van der Waals surface area contributed by atoms with Crippen LogP contribution in [-0.2, 0) is 14.3 Å². The van der Waals surface area contributed by atoms with Gasteiger partial charge in [-0.2, -0.15) is 0 Å². The van der Waals surface area contributed by atoms with Crippen molar-refractivity contribution >= 4 is 11.9 Å². The Hall–Kier alpha value is -1.40. The van der Waals surface area contributed by atoms with Crippen molar-refractivity contribution in [3.63, 3.8) is 0 Å². The molecule has 0 radical (unpaired) electrons. The molecule has 6 heteroatoms. The van der Waals surface area contributed by atoms with Crippen molar-refractivity contribution in [1.29, 1.82) is 0 Å². The second-order valence-electron chi connectivity index (χ2n) is 5.00. The van der Waals surface area contributed by atoms with Gasteiger partial charge in [0, 0.05) is 6.54 Å². The second kappa shape index (κ2) is 8.71. The van der Waals surface area contributed by atoms with Crippen LogP contribution in [0, 0.1) is 0 Å². The van der Waals surface area contributed by atoms with E-state index in [0.29, 0.717) is 25.9 Å². The van der Waals surface area contributed by atoms with Gasteiger partial charge in [-0.1, -0.05) is 19.1 Å². The average molecular weight is 283 g/mol. The monoisotopic (exact) mass is 283 g/mol. The fourth-order valence-electron chi connectivity index (χ4n) is 2.36. The van der Waals surface area contributed by atoms with Crippen LogP contribution >= 0.6 is 0 Å². The zero-order chi connectivity index (χ0) is 15.0. The number of ether oxygens (including phenoxy) is 1. The molecular weight excluding hydrogens is 258 g/mol. The fourth-order valence-corrected chi connectivity index (χ4v) is 2.36. The van der Waals surface area contributed by atoms with Gasteiger partial charge in [0.1, 0.15) is 12.6 Å². The van der Waals surface area contributed by atoms with Gasteiger partial charge >= 0.3 is 5.97 Å². The van der Waals surface area contributed by atoms with Crippen LogP contribution in [0.1, 0.15) is 32.1 Å². The molecule has 4 N–H and O–H groups in total. The summed E-state index contributed by atoms with van der Waals surface area (Å²) >= 11 is 0. The van der Waals surface area contributed by atoms with Crippen LogP contribution in [0.25, 0.3) is 0 Å². The lowest BCUT2D eigenvalue weighted by Gasteiger charge is -2.26. The van der Waals surface area contributed by atoms with Crippen LogP contribution in [0.15, 0.2) is 12.7 Å². The van der Waals surface area contributed by atoms with Gasteiger partial charge in [-0.3, -0.25) is 4.79 Å². The second-order valence-corrected chi connectivity index (χ2v) is 5.00. The number of likely N-dealkylation sites (tertiary alicyclic amines) is 1. The van der Waals surface area contributed by atoms with Crippen molar-refractivity contribution in [3.05, 3.63) is 12.7 Å². The third-order valence-electron chi connectivity index (χ3n) is 3.44. The molecule has 1 aliphatic heterocycles. The SMILES string of the molecule is C=CCOC(=O)[C@@H]1CCCN1C(=O)C(N)CCCCN. The molecule has 0 aliphatic carbocycles. The Bertz CT molecular complexity index is 347. The minimum absolute atomic E-state index is 0.167. The van der Waals surface area contributed by atoms with Crippen LogP contribution in [-0.4, -0.2) is 48.6 Å². The summed E-state index contributed by atoms with van der Waals surface area (Å²) in [5, 5.41) is 0. The highest BCUT2D eigenvalue weighted by Gasteiger charge is 2.36. The Morgan fingerprint density at radius 2 is 2.20 bits per heavy atom. The number of hydrogen-bond donors (Lipinski definition) is 2. The third-order valence-corrected chi connectivity index (χ3v) is 3.44. The van der Waals surface area contributed by atoms with Crippen LogP contribution in [0.4, 0.5) is 0 Å². The van der Waals surface area contributed by atoms with E-state index in [0.717, 1.165) is 19.3 Å². The number of hydrogen-bond acceptors (Lipinski definition) is 5. The zero-order valence-corrected chi connectivity index (χ0v) is 11.9. The standard InChI is InChI=1S/C14H25N3O3/c1-2-10-20-14(19)12-7-5-9-17(12)13(18)11(16)6-3-4-8-15/h2,11-12H,1,3-10,15-16H2/t11?,12-/m0/s1. The van der Waals surface area contributed by atoms with E-state index in [1.54, 1.807) is 4.90 Å². The molecule has 1 heterocycles. The molecule has 1 amide bonds. The first kappa shape index (κ1) is 16.7. The first-order chi connectivity index (χ1) is 9.61. The molecule has 0 spiro atoms. The van der Waals surface area contributed by atoms with Crippen molar-refractivity contribution in [2.75, 3.05) is 19.7 Å². The molecule has 114 valence electrons. The third kappa shape index (κ3) is 4.61. The van der Waals surface area contributed by atoms with Gasteiger partial charge in [0.25, 0.3) is 0 Å². The maximum absolute atomic E-state index is 12.3. The largest absolute Gasteiger partial charge is 0.460 e. The van der Waals surface area contributed by atoms with E-state index >= 15 is 0 Å². The summed E-state index contributed by atoms with van der Waals surface area (Å²) in [7, 11) is 0. The van der Waals surface area contributed by atoms with Crippen molar-refractivity contribution in [1.82, 2.24) is 4.90 Å². The Morgan fingerprint density at radius 3 is 2.85 bits per heavy atom. The molecule has 1 fully saturated rings. The lowest BCUT2D eigenvalue weighted by molar-refractivity contribution is -0.152. The van der Waals surface area contributed by atoms with E-state index in [2.05, 4.69) is 6.58 Å². The maximum Gasteiger partial charge on any atom is 0.329 e. The molecule has 0 aromatic rings. The molecule has 1 saturated heterocycles. The van der Waals surface area contributed by atoms with Crippen LogP contribution in [0.3, 0.4) is 0 Å². The summed E-state index contributed by atoms with van der Waals surface area (Å²) in [5.41, 5.74) is 11.3. The first-order valence-electron chi connectivity index (χ1n) is 7.15. The summed E-state index contributed by atoms with van der Waals surface area (Å²) in [6.07, 6.45) is 5.22. The van der Waals surface area contributed by atoms with Crippen molar-refractivity contribution in [2.24, 2.45) is 11.5 Å². The predicted molar refractivity (Wildman–Crippen MR) is 76.8 cm³/mol. The van der Waals surface area contributed by atoms with Gasteiger partial charge in [-0.15, -0.1) is 0 Å². The van der Waals surface area contributed by atoms with Gasteiger partial charge in [0.05, 0.1) is 6.04 Å². The van der Waals surface area contributed by atoms with Crippen molar-refractivity contribution < 1.29 is 14.3 Å². The van der Waals surface area contributed by atoms with Gasteiger partial charge in [0.2, 0.25) is 5.91 Å². The molecule has 1 rings (SSSR count). The van der Waals surface area contributed by atoms with Gasteiger partial charge < -0.3 is 21.1 Å². The molecular formula is C14H25N3O3. The zero-order valence-electron chi connectivity index (χ0n) is 11.9. The number of nitrogens with two attached hydrogens (primary N) is 2. The normalized spacial score (nSPS) is 19.7. The minimum atomic E-state index is -0.561. The highest BCUT2D eigenvalue weighted by molar-refractivity contribution is 5.88. The highest BCUT2D eigenvalue weighted by atomic mass is 16.5. The lowest BCUT2D eigenvalue weighted by Crippen LogP contribution is -2.48. The molecule has 20 heavy (non-hydrogen) atoms. The number of carbonyl (C=O) groups excluding carboxylic acids is 2. The van der Waals surface area contributed by atoms with Gasteiger partial charge in [0.15, 0.2) is 0 Å². The summed E-state index contributed by atoms with van der Waals surface area (Å²) in [4.78, 5) is 25.7. The summed E-state index contributed by atoms with van der Waals surface area (Å²) < 4.78 is 5.03. The van der Waals surface area contributed by atoms with Crippen molar-refractivity contribution in [3.8, 4) is 0 Å². The van der Waals surface area contributed by atoms with Gasteiger partial charge in [-0.25, -0.2) is 4.79 Å². The Kier molecular flexibility index (Phi) is 7.25. The Labute approximate surface area is 120 Å². The van der Waals surface area contributed by atoms with E-state index in [1.807, 2.05) is 0 Å². The molecule has 6 nitrogen and oxygen atoms in total. The number of esters is 1. The van der Waals surface area contributed by atoms with E-state index in [4.69, 9.17) is 16.2 Å². The molecule has 1 unspecified atom stereocenters. The number of carbonyl (C=O) groups is 2. The lowest BCUT2D eigenvalue weighted by atomic mass is 10.1. The fraction of sp³-hybridized carbons (Fsp3) is 0.714. The highest BCUT2D eigenvalue weighted by Crippen LogP contribution is 2.20. The number of rotatable bonds is 8. The molecule has 0 bridgehead atoms. The topological polar surface area (TPSA) is 98.6 Å². The van der Waals surface area contributed by atoms with E-state index in [-0.39, 0.29) is 18.5 Å². The summed E-state index contributed by atoms with van der Waals surface area (Å²) in [6, 6.07) is -1.06. The molecule has 0 saturated carbocycles. The molecule has 1 aliphatic rings. The smallest absolute Gasteiger partial charge is 0.329 e. The molecule has 2 atom stereocenters. The Morgan fingerprint density at radius 1 is 1.45 bits per heavy atom. The quantitative estimate of drug-likeness (QED) is 0.376. The van der Waals surface area contributed by atoms with Crippen molar-refractivity contribution in [2.45, 2.75) is 44.2 Å². The van der Waals surface area contributed by atoms with Crippen LogP contribution in [0.5, 0.6) is 0 Å². The summed E-state index contributed by atoms with van der Waals surface area (Å²) in [6.45, 7) is 4.83. The van der Waals surface area contributed by atoms with Crippen LogP contribution in [0.2, 0.25) is 0 Å². The van der Waals surface area contributed by atoms with E-state index in [1.165, 1.54) is 6.08 Å². The predicted octanol–water partition coefficient (Wildman–Crippen LogP) is 0.163. The van der Waals surface area contributed by atoms with E-state index < -0.39 is 12.1 Å². The number of unbranched alkanes of at least 4 members (excludes halogenated alkanes) is 1. The minimum Gasteiger partial charge on any atom is -0.460 e. The molecule has 0 aromatic heterocycles. The van der Waals surface area contributed by atoms with E-state index in [9.17, 15) is 9.59 Å². The maximum atomic E-state index is 12.3. The number of amides is 1.